The number of carbonyl (C=O) groups is 1. The van der Waals surface area contributed by atoms with E-state index in [1.807, 2.05) is 0 Å². The third-order valence-corrected chi connectivity index (χ3v) is 2.91. The van der Waals surface area contributed by atoms with Gasteiger partial charge in [-0.25, -0.2) is 4.98 Å². The number of alkyl halides is 3. The van der Waals surface area contributed by atoms with Crippen molar-refractivity contribution in [2.75, 3.05) is 0 Å². The summed E-state index contributed by atoms with van der Waals surface area (Å²) in [4.78, 5) is 14.1. The van der Waals surface area contributed by atoms with E-state index in [0.29, 0.717) is 9.13 Å². The number of hydrogen-bond donors (Lipinski definition) is 1. The summed E-state index contributed by atoms with van der Waals surface area (Å²) in [6.45, 7) is 0.0818. The first-order chi connectivity index (χ1) is 7.39. The Kier molecular flexibility index (Phi) is 4.08. The summed E-state index contributed by atoms with van der Waals surface area (Å²) in [6.07, 6.45) is -3.47. The van der Waals surface area contributed by atoms with Crippen LogP contribution in [0.4, 0.5) is 13.2 Å². The molecule has 0 bridgehead atoms. The Morgan fingerprint density at radius 2 is 2.19 bits per heavy atom. The maximum absolute atomic E-state index is 12.0. The highest BCUT2D eigenvalue weighted by Crippen LogP contribution is 2.27. The van der Waals surface area contributed by atoms with Gasteiger partial charge in [-0.1, -0.05) is 0 Å². The van der Waals surface area contributed by atoms with Gasteiger partial charge in [-0.15, -0.1) is 13.2 Å². The van der Waals surface area contributed by atoms with E-state index >= 15 is 0 Å². The Morgan fingerprint density at radius 3 is 2.62 bits per heavy atom. The zero-order valence-electron chi connectivity index (χ0n) is 7.71. The lowest BCUT2D eigenvalue weighted by atomic mass is 10.2. The predicted octanol–water partition coefficient (Wildman–Crippen LogP) is 1.86. The average Bonchev–Trinajstić information content (AvgIpc) is 2.16. The summed E-state index contributed by atoms with van der Waals surface area (Å²) in [5.74, 6) is -0.760. The molecule has 0 aliphatic carbocycles. The fraction of sp³-hybridized carbons (Fsp3) is 0.250. The number of hydrogen-bond acceptors (Lipinski definition) is 4. The summed E-state index contributed by atoms with van der Waals surface area (Å²) >= 11 is 1.72. The third kappa shape index (κ3) is 3.04. The van der Waals surface area contributed by atoms with Gasteiger partial charge in [0.1, 0.15) is 0 Å². The van der Waals surface area contributed by atoms with Crippen molar-refractivity contribution < 1.29 is 22.7 Å². The minimum atomic E-state index is -4.88. The van der Waals surface area contributed by atoms with Crippen molar-refractivity contribution >= 4 is 28.9 Å². The number of ether oxygens (including phenoxy) is 1. The number of nitrogens with two attached hydrogens (primary N) is 1. The molecule has 0 aromatic carbocycles. The Bertz CT molecular complexity index is 409. The number of aromatic nitrogens is 1. The van der Waals surface area contributed by atoms with E-state index in [2.05, 4.69) is 9.72 Å². The standard InChI is InChI=1S/C8H6F3IN2O2/c9-8(10,11)16-7-5(3-15)6(12)4(1-13)2-14-7/h2-3H,1,13H2. The van der Waals surface area contributed by atoms with Gasteiger partial charge in [-0.05, 0) is 28.2 Å². The first-order valence-electron chi connectivity index (χ1n) is 3.97. The lowest BCUT2D eigenvalue weighted by molar-refractivity contribution is -0.276. The first kappa shape index (κ1) is 13.2. The van der Waals surface area contributed by atoms with Crippen LogP contribution in [0.3, 0.4) is 0 Å². The Balaban J connectivity index is 3.21. The molecule has 8 heteroatoms. The number of aldehydes is 1. The van der Waals surface area contributed by atoms with Crippen molar-refractivity contribution in [3.8, 4) is 5.88 Å². The van der Waals surface area contributed by atoms with Crippen LogP contribution in [0.2, 0.25) is 0 Å². The highest BCUT2D eigenvalue weighted by atomic mass is 127. The molecule has 1 aromatic heterocycles. The molecule has 0 spiro atoms. The van der Waals surface area contributed by atoms with E-state index in [9.17, 15) is 18.0 Å². The number of nitrogens with zero attached hydrogens (tertiary/aromatic N) is 1. The maximum Gasteiger partial charge on any atom is 0.574 e. The van der Waals surface area contributed by atoms with Crippen molar-refractivity contribution in [2.24, 2.45) is 5.73 Å². The lowest BCUT2D eigenvalue weighted by Gasteiger charge is -2.11. The summed E-state index contributed by atoms with van der Waals surface area (Å²) in [7, 11) is 0. The Labute approximate surface area is 102 Å². The first-order valence-corrected chi connectivity index (χ1v) is 5.05. The van der Waals surface area contributed by atoms with E-state index in [4.69, 9.17) is 5.73 Å². The van der Waals surface area contributed by atoms with E-state index in [1.54, 1.807) is 22.6 Å². The number of halogens is 4. The van der Waals surface area contributed by atoms with Crippen LogP contribution in [0.25, 0.3) is 0 Å². The van der Waals surface area contributed by atoms with Gasteiger partial charge in [0, 0.05) is 16.3 Å². The normalized spacial score (nSPS) is 11.3. The van der Waals surface area contributed by atoms with Crippen molar-refractivity contribution in [1.82, 2.24) is 4.98 Å². The molecule has 1 heterocycles. The predicted molar refractivity (Wildman–Crippen MR) is 56.9 cm³/mol. The topological polar surface area (TPSA) is 65.2 Å². The van der Waals surface area contributed by atoms with Crippen LogP contribution >= 0.6 is 22.6 Å². The summed E-state index contributed by atoms with van der Waals surface area (Å²) in [6, 6.07) is 0. The van der Waals surface area contributed by atoms with Crippen molar-refractivity contribution in [3.63, 3.8) is 0 Å². The summed E-state index contributed by atoms with van der Waals surface area (Å²) in [5.41, 5.74) is 5.56. The van der Waals surface area contributed by atoms with Gasteiger partial charge in [0.15, 0.2) is 6.29 Å². The fourth-order valence-electron chi connectivity index (χ4n) is 0.965. The van der Waals surface area contributed by atoms with Crippen LogP contribution in [0, 0.1) is 3.57 Å². The van der Waals surface area contributed by atoms with Crippen LogP contribution < -0.4 is 10.5 Å². The molecule has 0 amide bonds. The molecule has 0 unspecified atom stereocenters. The average molecular weight is 346 g/mol. The zero-order chi connectivity index (χ0) is 12.3. The fourth-order valence-corrected chi connectivity index (χ4v) is 1.68. The Morgan fingerprint density at radius 1 is 1.56 bits per heavy atom. The van der Waals surface area contributed by atoms with E-state index < -0.39 is 12.2 Å². The quantitative estimate of drug-likeness (QED) is 0.670. The second-order valence-corrected chi connectivity index (χ2v) is 3.76. The monoisotopic (exact) mass is 346 g/mol. The second-order valence-electron chi connectivity index (χ2n) is 2.69. The molecule has 0 aliphatic rings. The van der Waals surface area contributed by atoms with Crippen LogP contribution in [0.5, 0.6) is 5.88 Å². The molecule has 0 radical (unpaired) electrons. The molecular formula is C8H6F3IN2O2. The van der Waals surface area contributed by atoms with Crippen LogP contribution in [0.15, 0.2) is 6.20 Å². The molecule has 2 N–H and O–H groups in total. The molecule has 0 aliphatic heterocycles. The molecule has 1 rings (SSSR count). The zero-order valence-corrected chi connectivity index (χ0v) is 9.87. The molecule has 88 valence electrons. The molecule has 16 heavy (non-hydrogen) atoms. The number of pyridine rings is 1. The van der Waals surface area contributed by atoms with Gasteiger partial charge in [0.2, 0.25) is 5.88 Å². The summed E-state index contributed by atoms with van der Waals surface area (Å²) < 4.78 is 39.8. The van der Waals surface area contributed by atoms with Gasteiger partial charge >= 0.3 is 6.36 Å². The maximum atomic E-state index is 12.0. The summed E-state index contributed by atoms with van der Waals surface area (Å²) in [5, 5.41) is 0. The van der Waals surface area contributed by atoms with E-state index in [-0.39, 0.29) is 18.4 Å². The van der Waals surface area contributed by atoms with Crippen molar-refractivity contribution in [3.05, 3.63) is 20.9 Å². The smallest absolute Gasteiger partial charge is 0.387 e. The van der Waals surface area contributed by atoms with Gasteiger partial charge in [0.25, 0.3) is 0 Å². The van der Waals surface area contributed by atoms with Gasteiger partial charge < -0.3 is 10.5 Å². The second kappa shape index (κ2) is 4.95. The molecule has 0 saturated carbocycles. The van der Waals surface area contributed by atoms with Gasteiger partial charge in [-0.2, -0.15) is 0 Å². The minimum Gasteiger partial charge on any atom is -0.387 e. The molecule has 0 atom stereocenters. The third-order valence-electron chi connectivity index (χ3n) is 1.64. The van der Waals surface area contributed by atoms with Crippen LogP contribution in [-0.4, -0.2) is 17.6 Å². The van der Waals surface area contributed by atoms with Gasteiger partial charge in [0.05, 0.1) is 5.56 Å². The number of carbonyl (C=O) groups excluding carboxylic acids is 1. The van der Waals surface area contributed by atoms with Crippen LogP contribution in [0.1, 0.15) is 15.9 Å². The minimum absolute atomic E-state index is 0.0818. The highest BCUT2D eigenvalue weighted by Gasteiger charge is 2.33. The number of rotatable bonds is 3. The van der Waals surface area contributed by atoms with E-state index in [1.165, 1.54) is 0 Å². The lowest BCUT2D eigenvalue weighted by Crippen LogP contribution is -2.20. The van der Waals surface area contributed by atoms with Crippen molar-refractivity contribution in [2.45, 2.75) is 12.9 Å². The van der Waals surface area contributed by atoms with E-state index in [0.717, 1.165) is 6.20 Å². The van der Waals surface area contributed by atoms with Gasteiger partial charge in [-0.3, -0.25) is 4.79 Å². The Hall–Kier alpha value is -0.900. The molecular weight excluding hydrogens is 340 g/mol. The molecule has 0 fully saturated rings. The largest absolute Gasteiger partial charge is 0.574 e. The molecule has 0 saturated heterocycles. The van der Waals surface area contributed by atoms with Crippen molar-refractivity contribution in [1.29, 1.82) is 0 Å². The SMILES string of the molecule is NCc1cnc(OC(F)(F)F)c(C=O)c1I. The highest BCUT2D eigenvalue weighted by molar-refractivity contribution is 14.1. The molecule has 4 nitrogen and oxygen atoms in total. The molecule has 1 aromatic rings. The van der Waals surface area contributed by atoms with Crippen LogP contribution in [-0.2, 0) is 6.54 Å².